The molecule has 33 heavy (non-hydrogen) atoms. The molecule has 2 saturated heterocycles. The number of aliphatic hydroxyl groups excluding tert-OH is 1. The first-order chi connectivity index (χ1) is 16.3. The fraction of sp³-hybridized carbons (Fsp3) is 0.345. The van der Waals surface area contributed by atoms with Gasteiger partial charge in [0, 0.05) is 43.5 Å². The van der Waals surface area contributed by atoms with Gasteiger partial charge in [-0.05, 0) is 54.3 Å². The maximum absolute atomic E-state index is 10.2. The highest BCUT2D eigenvalue weighted by Gasteiger charge is 2.48. The molecule has 0 aliphatic carbocycles. The van der Waals surface area contributed by atoms with Crippen molar-refractivity contribution in [3.05, 3.63) is 101 Å². The molecule has 2 aliphatic heterocycles. The summed E-state index contributed by atoms with van der Waals surface area (Å²) in [7, 11) is 0. The van der Waals surface area contributed by atoms with Crippen LogP contribution in [0.1, 0.15) is 41.0 Å². The molecule has 5 rings (SSSR count). The molecule has 3 heterocycles. The molecule has 0 amide bonds. The van der Waals surface area contributed by atoms with E-state index in [9.17, 15) is 5.11 Å². The van der Waals surface area contributed by atoms with Gasteiger partial charge in [0.1, 0.15) is 0 Å². The Bertz CT molecular complexity index is 1040. The average molecular weight is 440 g/mol. The van der Waals surface area contributed by atoms with Crippen LogP contribution in [-0.2, 0) is 6.54 Å². The fourth-order valence-corrected chi connectivity index (χ4v) is 5.49. The molecule has 2 aromatic carbocycles. The quantitative estimate of drug-likeness (QED) is 0.566. The van der Waals surface area contributed by atoms with Crippen LogP contribution in [0.3, 0.4) is 0 Å². The lowest BCUT2D eigenvalue weighted by Gasteiger charge is -2.57. The van der Waals surface area contributed by atoms with Crippen LogP contribution < -0.4 is 0 Å². The van der Waals surface area contributed by atoms with Crippen LogP contribution in [0, 0.1) is 0 Å². The summed E-state index contributed by atoms with van der Waals surface area (Å²) in [6.07, 6.45) is 10.5. The van der Waals surface area contributed by atoms with Crippen molar-refractivity contribution in [2.75, 3.05) is 26.2 Å². The van der Waals surface area contributed by atoms with Gasteiger partial charge in [-0.25, -0.2) is 0 Å². The maximum Gasteiger partial charge on any atom is 0.0593 e. The third-order valence-corrected chi connectivity index (χ3v) is 7.17. The molecule has 3 aromatic rings. The Labute approximate surface area is 197 Å². The second-order valence-electron chi connectivity index (χ2n) is 9.30. The van der Waals surface area contributed by atoms with Gasteiger partial charge in [-0.3, -0.25) is 14.8 Å². The first kappa shape index (κ1) is 22.0. The van der Waals surface area contributed by atoms with Gasteiger partial charge in [-0.15, -0.1) is 0 Å². The van der Waals surface area contributed by atoms with Crippen molar-refractivity contribution >= 4 is 12.2 Å². The molecule has 0 bridgehead atoms. The zero-order valence-corrected chi connectivity index (χ0v) is 19.1. The molecule has 2 fully saturated rings. The molecule has 0 spiro atoms. The van der Waals surface area contributed by atoms with Crippen molar-refractivity contribution in [1.82, 2.24) is 14.8 Å². The molecule has 170 valence electrons. The normalized spacial score (nSPS) is 24.1. The molecule has 4 heteroatoms. The van der Waals surface area contributed by atoms with Gasteiger partial charge >= 0.3 is 0 Å². The van der Waals surface area contributed by atoms with Gasteiger partial charge in [0.25, 0.3) is 0 Å². The number of nitrogens with zero attached hydrogens (tertiary/aromatic N) is 3. The minimum atomic E-state index is 0.221. The second kappa shape index (κ2) is 10.4. The van der Waals surface area contributed by atoms with E-state index in [-0.39, 0.29) is 12.6 Å². The highest BCUT2D eigenvalue weighted by atomic mass is 16.3. The van der Waals surface area contributed by atoms with Gasteiger partial charge in [0.15, 0.2) is 0 Å². The monoisotopic (exact) mass is 439 g/mol. The van der Waals surface area contributed by atoms with Gasteiger partial charge in [0.2, 0.25) is 0 Å². The van der Waals surface area contributed by atoms with Crippen molar-refractivity contribution in [2.24, 2.45) is 0 Å². The predicted molar refractivity (Wildman–Crippen MR) is 135 cm³/mol. The van der Waals surface area contributed by atoms with Crippen molar-refractivity contribution in [3.8, 4) is 0 Å². The van der Waals surface area contributed by atoms with Gasteiger partial charge in [-0.1, -0.05) is 72.8 Å². The van der Waals surface area contributed by atoms with E-state index in [2.05, 4.69) is 81.5 Å². The smallest absolute Gasteiger partial charge is 0.0593 e. The molecular weight excluding hydrogens is 406 g/mol. The number of hydrogen-bond donors (Lipinski definition) is 1. The van der Waals surface area contributed by atoms with E-state index < -0.39 is 0 Å². The van der Waals surface area contributed by atoms with E-state index in [4.69, 9.17) is 0 Å². The lowest BCUT2D eigenvalue weighted by molar-refractivity contribution is -0.0655. The van der Waals surface area contributed by atoms with Crippen LogP contribution in [0.4, 0.5) is 0 Å². The van der Waals surface area contributed by atoms with Crippen LogP contribution in [0.15, 0.2) is 79.1 Å². The standard InChI is InChI=1S/C29H33N3O/c33-22-28-29(26-14-12-24(13-15-26)11-10-23-7-2-1-3-8-23)27-21-31(17-4-5-18-32(27)28)20-25-9-6-16-30-19-25/h1-3,6-16,19,27-29,33H,4-5,17-18,20-22H2/t27-,28-,29+/m1/s1. The number of rotatable bonds is 6. The number of fused-ring (bicyclic) bond motifs is 1. The lowest BCUT2D eigenvalue weighted by Crippen LogP contribution is -2.67. The molecule has 4 nitrogen and oxygen atoms in total. The van der Waals surface area contributed by atoms with Crippen LogP contribution in [0.25, 0.3) is 12.2 Å². The summed E-state index contributed by atoms with van der Waals surface area (Å²) in [5, 5.41) is 10.2. The Balaban J connectivity index is 1.31. The van der Waals surface area contributed by atoms with Gasteiger partial charge in [-0.2, -0.15) is 0 Å². The Morgan fingerprint density at radius 2 is 1.64 bits per heavy atom. The van der Waals surface area contributed by atoms with E-state index in [0.29, 0.717) is 12.0 Å². The average Bonchev–Trinajstić information content (AvgIpc) is 2.85. The number of benzene rings is 2. The number of aliphatic hydroxyl groups is 1. The van der Waals surface area contributed by atoms with Crippen LogP contribution in [0.5, 0.6) is 0 Å². The first-order valence-corrected chi connectivity index (χ1v) is 12.1. The molecule has 1 N–H and O–H groups in total. The predicted octanol–water partition coefficient (Wildman–Crippen LogP) is 4.68. The van der Waals surface area contributed by atoms with E-state index in [0.717, 1.165) is 26.2 Å². The summed E-state index contributed by atoms with van der Waals surface area (Å²) in [4.78, 5) is 9.41. The highest BCUT2D eigenvalue weighted by Crippen LogP contribution is 2.42. The Morgan fingerprint density at radius 3 is 2.36 bits per heavy atom. The van der Waals surface area contributed by atoms with Crippen molar-refractivity contribution in [3.63, 3.8) is 0 Å². The largest absolute Gasteiger partial charge is 0.395 e. The minimum Gasteiger partial charge on any atom is -0.395 e. The van der Waals surface area contributed by atoms with Crippen molar-refractivity contribution in [2.45, 2.75) is 37.4 Å². The zero-order chi connectivity index (χ0) is 22.5. The molecule has 0 radical (unpaired) electrons. The minimum absolute atomic E-state index is 0.221. The highest BCUT2D eigenvalue weighted by molar-refractivity contribution is 5.69. The molecular formula is C29H33N3O. The zero-order valence-electron chi connectivity index (χ0n) is 19.1. The molecule has 3 atom stereocenters. The van der Waals surface area contributed by atoms with Crippen molar-refractivity contribution in [1.29, 1.82) is 0 Å². The third kappa shape index (κ3) is 5.09. The van der Waals surface area contributed by atoms with Crippen LogP contribution in [0.2, 0.25) is 0 Å². The van der Waals surface area contributed by atoms with E-state index in [1.54, 1.807) is 0 Å². The Kier molecular flexibility index (Phi) is 6.96. The van der Waals surface area contributed by atoms with Crippen LogP contribution >= 0.6 is 0 Å². The molecule has 0 saturated carbocycles. The first-order valence-electron chi connectivity index (χ1n) is 12.1. The van der Waals surface area contributed by atoms with E-state index in [1.807, 2.05) is 24.5 Å². The van der Waals surface area contributed by atoms with E-state index >= 15 is 0 Å². The molecule has 0 unspecified atom stereocenters. The summed E-state index contributed by atoms with van der Waals surface area (Å²) in [5.41, 5.74) is 5.03. The third-order valence-electron chi connectivity index (χ3n) is 7.17. The second-order valence-corrected chi connectivity index (χ2v) is 9.30. The number of hydrogen-bond acceptors (Lipinski definition) is 4. The van der Waals surface area contributed by atoms with Crippen LogP contribution in [-0.4, -0.2) is 58.2 Å². The Morgan fingerprint density at radius 1 is 0.879 bits per heavy atom. The van der Waals surface area contributed by atoms with Gasteiger partial charge < -0.3 is 5.11 Å². The molecule has 1 aromatic heterocycles. The van der Waals surface area contributed by atoms with Crippen molar-refractivity contribution < 1.29 is 5.11 Å². The topological polar surface area (TPSA) is 39.6 Å². The number of pyridine rings is 1. The van der Waals surface area contributed by atoms with Gasteiger partial charge in [0.05, 0.1) is 6.61 Å². The fourth-order valence-electron chi connectivity index (χ4n) is 5.49. The van der Waals surface area contributed by atoms with E-state index in [1.165, 1.54) is 35.1 Å². The number of aromatic nitrogens is 1. The Hall–Kier alpha value is -2.79. The summed E-state index contributed by atoms with van der Waals surface area (Å²) in [5.74, 6) is 0.372. The summed E-state index contributed by atoms with van der Waals surface area (Å²) >= 11 is 0. The lowest BCUT2D eigenvalue weighted by atomic mass is 9.74. The summed E-state index contributed by atoms with van der Waals surface area (Å²) < 4.78 is 0. The summed E-state index contributed by atoms with van der Waals surface area (Å²) in [6, 6.07) is 24.2. The maximum atomic E-state index is 10.2. The SMILES string of the molecule is OC[C@@H]1[C@@H](c2ccc(C=Cc3ccccc3)cc2)[C@H]2CN(Cc3cccnc3)CCCCN12. The molecule has 2 aliphatic rings. The summed E-state index contributed by atoms with van der Waals surface area (Å²) in [6.45, 7) is 4.41.